The number of phenolic OH excluding ortho intramolecular Hbond substituents is 1. The van der Waals surface area contributed by atoms with Crippen LogP contribution in [0.25, 0.3) is 0 Å². The Kier molecular flexibility index (Phi) is 5.59. The van der Waals surface area contributed by atoms with Crippen LogP contribution in [0.1, 0.15) is 24.9 Å². The second-order valence-electron chi connectivity index (χ2n) is 5.56. The number of hydrogen-bond donors (Lipinski definition) is 2. The van der Waals surface area contributed by atoms with E-state index >= 15 is 0 Å². The third-order valence-electron chi connectivity index (χ3n) is 4.05. The molecule has 5 nitrogen and oxygen atoms in total. The lowest BCUT2D eigenvalue weighted by atomic mass is 10.0. The first-order chi connectivity index (χ1) is 10.1. The molecule has 1 aromatic rings. The average Bonchev–Trinajstić information content (AvgIpc) is 2.50. The highest BCUT2D eigenvalue weighted by Crippen LogP contribution is 2.24. The number of carbonyl (C=O) groups is 1. The zero-order valence-corrected chi connectivity index (χ0v) is 12.9. The first-order valence-corrected chi connectivity index (χ1v) is 7.59. The van der Waals surface area contributed by atoms with Crippen LogP contribution in [-0.4, -0.2) is 60.6 Å². The first kappa shape index (κ1) is 15.8. The van der Waals surface area contributed by atoms with Crippen molar-refractivity contribution in [1.82, 2.24) is 15.1 Å². The normalized spacial score (nSPS) is 17.0. The van der Waals surface area contributed by atoms with Crippen molar-refractivity contribution in [3.05, 3.63) is 29.8 Å². The highest BCUT2D eigenvalue weighted by atomic mass is 16.3. The summed E-state index contributed by atoms with van der Waals surface area (Å²) < 4.78 is 0. The molecule has 0 radical (unpaired) electrons. The lowest BCUT2D eigenvalue weighted by Gasteiger charge is -2.32. The van der Waals surface area contributed by atoms with Gasteiger partial charge in [-0.1, -0.05) is 19.1 Å². The Morgan fingerprint density at radius 1 is 1.33 bits per heavy atom. The summed E-state index contributed by atoms with van der Waals surface area (Å²) >= 11 is 0. The van der Waals surface area contributed by atoms with E-state index in [0.29, 0.717) is 6.54 Å². The number of aromatic hydroxyl groups is 1. The molecular formula is C16H25N3O2. The van der Waals surface area contributed by atoms with Crippen molar-refractivity contribution in [2.45, 2.75) is 19.4 Å². The van der Waals surface area contributed by atoms with Gasteiger partial charge in [0, 0.05) is 32.2 Å². The maximum absolute atomic E-state index is 12.3. The molecule has 0 spiro atoms. The van der Waals surface area contributed by atoms with Crippen molar-refractivity contribution in [2.24, 2.45) is 0 Å². The molecule has 0 aromatic heterocycles. The molecule has 1 heterocycles. The van der Waals surface area contributed by atoms with Gasteiger partial charge in [-0.3, -0.25) is 9.69 Å². The zero-order valence-electron chi connectivity index (χ0n) is 12.9. The number of rotatable bonds is 5. The van der Waals surface area contributed by atoms with Gasteiger partial charge in [-0.05, 0) is 31.2 Å². The minimum atomic E-state index is 0.191. The molecule has 2 N–H and O–H groups in total. The maximum atomic E-state index is 12.3. The molecule has 1 aromatic carbocycles. The predicted molar refractivity (Wildman–Crippen MR) is 83.2 cm³/mol. The average molecular weight is 291 g/mol. The van der Waals surface area contributed by atoms with E-state index in [1.54, 1.807) is 12.1 Å². The Balaban J connectivity index is 1.97. The van der Waals surface area contributed by atoms with Crippen molar-refractivity contribution in [1.29, 1.82) is 0 Å². The van der Waals surface area contributed by atoms with Gasteiger partial charge in [0.15, 0.2) is 0 Å². The van der Waals surface area contributed by atoms with E-state index in [1.165, 1.54) is 0 Å². The maximum Gasteiger partial charge on any atom is 0.236 e. The van der Waals surface area contributed by atoms with Crippen LogP contribution < -0.4 is 5.32 Å². The van der Waals surface area contributed by atoms with Crippen LogP contribution in [0, 0.1) is 0 Å². The molecule has 116 valence electrons. The van der Waals surface area contributed by atoms with Crippen LogP contribution in [0.15, 0.2) is 24.3 Å². The minimum Gasteiger partial charge on any atom is -0.508 e. The van der Waals surface area contributed by atoms with Crippen molar-refractivity contribution in [2.75, 3.05) is 39.8 Å². The summed E-state index contributed by atoms with van der Waals surface area (Å²) in [6.07, 6.45) is 0.927. The molecular weight excluding hydrogens is 266 g/mol. The van der Waals surface area contributed by atoms with E-state index in [1.807, 2.05) is 24.1 Å². The summed E-state index contributed by atoms with van der Waals surface area (Å²) in [6.45, 7) is 5.89. The molecule has 1 aliphatic rings. The van der Waals surface area contributed by atoms with Gasteiger partial charge < -0.3 is 15.3 Å². The lowest BCUT2D eigenvalue weighted by Crippen LogP contribution is -2.49. The highest BCUT2D eigenvalue weighted by molar-refractivity contribution is 5.78. The minimum absolute atomic E-state index is 0.191. The van der Waals surface area contributed by atoms with Gasteiger partial charge in [0.1, 0.15) is 5.75 Å². The van der Waals surface area contributed by atoms with Crippen LogP contribution in [0.5, 0.6) is 5.75 Å². The number of hydrogen-bond acceptors (Lipinski definition) is 4. The number of nitrogens with zero attached hydrogens (tertiary/aromatic N) is 2. The number of carbonyl (C=O) groups excluding carboxylic acids is 1. The van der Waals surface area contributed by atoms with Gasteiger partial charge in [-0.15, -0.1) is 0 Å². The van der Waals surface area contributed by atoms with Gasteiger partial charge in [-0.25, -0.2) is 0 Å². The summed E-state index contributed by atoms with van der Waals surface area (Å²) in [7, 11) is 1.99. The lowest BCUT2D eigenvalue weighted by molar-refractivity contribution is -0.133. The molecule has 1 unspecified atom stereocenters. The third-order valence-corrected chi connectivity index (χ3v) is 4.05. The van der Waals surface area contributed by atoms with Crippen LogP contribution in [-0.2, 0) is 4.79 Å². The Hall–Kier alpha value is -1.59. The number of piperazine rings is 1. The van der Waals surface area contributed by atoms with Crippen molar-refractivity contribution in [3.8, 4) is 5.75 Å². The van der Waals surface area contributed by atoms with Crippen molar-refractivity contribution < 1.29 is 9.90 Å². The highest BCUT2D eigenvalue weighted by Gasteiger charge is 2.22. The van der Waals surface area contributed by atoms with Gasteiger partial charge in [0.2, 0.25) is 5.91 Å². The molecule has 5 heteroatoms. The predicted octanol–water partition coefficient (Wildman–Crippen LogP) is 1.21. The fraction of sp³-hybridized carbons (Fsp3) is 0.562. The molecule has 0 bridgehead atoms. The molecule has 1 saturated heterocycles. The zero-order chi connectivity index (χ0) is 15.2. The van der Waals surface area contributed by atoms with Crippen LogP contribution in [0.4, 0.5) is 0 Å². The smallest absolute Gasteiger partial charge is 0.236 e. The van der Waals surface area contributed by atoms with Gasteiger partial charge >= 0.3 is 0 Å². The monoisotopic (exact) mass is 291 g/mol. The van der Waals surface area contributed by atoms with E-state index in [4.69, 9.17) is 0 Å². The summed E-state index contributed by atoms with van der Waals surface area (Å²) in [5, 5.41) is 12.6. The summed E-state index contributed by atoms with van der Waals surface area (Å²) in [5.41, 5.74) is 1.13. The van der Waals surface area contributed by atoms with Gasteiger partial charge in [-0.2, -0.15) is 0 Å². The van der Waals surface area contributed by atoms with Crippen LogP contribution in [0.3, 0.4) is 0 Å². The Labute approximate surface area is 126 Å². The fourth-order valence-electron chi connectivity index (χ4n) is 2.84. The second kappa shape index (κ2) is 7.43. The second-order valence-corrected chi connectivity index (χ2v) is 5.56. The summed E-state index contributed by atoms with van der Waals surface area (Å²) in [5.74, 6) is 0.462. The van der Waals surface area contributed by atoms with Crippen molar-refractivity contribution in [3.63, 3.8) is 0 Å². The Morgan fingerprint density at radius 2 is 1.95 bits per heavy atom. The van der Waals surface area contributed by atoms with Crippen molar-refractivity contribution >= 4 is 5.91 Å². The number of phenols is 1. The molecule has 1 fully saturated rings. The molecule has 0 aliphatic carbocycles. The van der Waals surface area contributed by atoms with Crippen LogP contribution >= 0.6 is 0 Å². The largest absolute Gasteiger partial charge is 0.508 e. The summed E-state index contributed by atoms with van der Waals surface area (Å²) in [4.78, 5) is 16.4. The first-order valence-electron chi connectivity index (χ1n) is 7.59. The Bertz CT molecular complexity index is 455. The van der Waals surface area contributed by atoms with E-state index < -0.39 is 0 Å². The standard InChI is InChI=1S/C16H25N3O2/c1-3-15(13-4-6-14(20)7-5-13)18(2)12-16(21)19-10-8-17-9-11-19/h4-7,15,17,20H,3,8-12H2,1-2H3. The molecule has 1 amide bonds. The van der Waals surface area contributed by atoms with Crippen LogP contribution in [0.2, 0.25) is 0 Å². The van der Waals surface area contributed by atoms with E-state index in [0.717, 1.165) is 38.2 Å². The number of likely N-dealkylation sites (N-methyl/N-ethyl adjacent to an activating group) is 1. The summed E-state index contributed by atoms with van der Waals surface area (Å²) in [6, 6.07) is 7.44. The van der Waals surface area contributed by atoms with E-state index in [-0.39, 0.29) is 17.7 Å². The molecule has 21 heavy (non-hydrogen) atoms. The van der Waals surface area contributed by atoms with E-state index in [9.17, 15) is 9.90 Å². The number of benzene rings is 1. The topological polar surface area (TPSA) is 55.8 Å². The SMILES string of the molecule is CCC(c1ccc(O)cc1)N(C)CC(=O)N1CCNCC1. The third kappa shape index (κ3) is 4.19. The molecule has 1 aliphatic heterocycles. The van der Waals surface area contributed by atoms with Gasteiger partial charge in [0.25, 0.3) is 0 Å². The Morgan fingerprint density at radius 3 is 2.52 bits per heavy atom. The number of amides is 1. The molecule has 1 atom stereocenters. The van der Waals surface area contributed by atoms with E-state index in [2.05, 4.69) is 17.1 Å². The number of nitrogens with one attached hydrogen (secondary N) is 1. The fourth-order valence-corrected chi connectivity index (χ4v) is 2.84. The van der Waals surface area contributed by atoms with Gasteiger partial charge in [0.05, 0.1) is 6.54 Å². The molecule has 2 rings (SSSR count). The molecule has 0 saturated carbocycles. The quantitative estimate of drug-likeness (QED) is 0.856.